The van der Waals surface area contributed by atoms with Gasteiger partial charge in [0.05, 0.1) is 0 Å². The minimum absolute atomic E-state index is 0.465. The number of amides is 1. The molecule has 0 aliphatic rings. The highest BCUT2D eigenvalue weighted by Gasteiger charge is 2.41. The number of hydrogen-bond donors (Lipinski definition) is 2. The van der Waals surface area contributed by atoms with Crippen molar-refractivity contribution in [2.24, 2.45) is 5.73 Å². The van der Waals surface area contributed by atoms with Crippen LogP contribution in [0.3, 0.4) is 0 Å². The molecule has 116 valence electrons. The average molecular weight is 309 g/mol. The Morgan fingerprint density at radius 3 is 2.33 bits per heavy atom. The predicted octanol–water partition coefficient (Wildman–Crippen LogP) is 3.15. The number of primary amides is 1. The summed E-state index contributed by atoms with van der Waals surface area (Å²) in [5.41, 5.74) is 6.41. The van der Waals surface area contributed by atoms with Crippen molar-refractivity contribution in [3.8, 4) is 0 Å². The molecule has 0 aromatic heterocycles. The maximum atomic E-state index is 12.1. The van der Waals surface area contributed by atoms with Gasteiger partial charge in [-0.15, -0.1) is 11.8 Å². The van der Waals surface area contributed by atoms with Crippen LogP contribution in [0.2, 0.25) is 0 Å². The molecule has 0 bridgehead atoms. The molecule has 0 fully saturated rings. The molecule has 2 atom stereocenters. The van der Waals surface area contributed by atoms with E-state index in [1.54, 1.807) is 0 Å². The van der Waals surface area contributed by atoms with Gasteiger partial charge >= 0.3 is 5.97 Å². The van der Waals surface area contributed by atoms with Gasteiger partial charge in [0, 0.05) is 0 Å². The summed E-state index contributed by atoms with van der Waals surface area (Å²) in [4.78, 5) is 23.6. The number of nitrogens with two attached hydrogens (primary N) is 1. The first-order valence-electron chi connectivity index (χ1n) is 7.24. The third kappa shape index (κ3) is 4.24. The van der Waals surface area contributed by atoms with Crippen molar-refractivity contribution in [3.63, 3.8) is 0 Å². The minimum Gasteiger partial charge on any atom is -0.480 e. The van der Waals surface area contributed by atoms with Crippen LogP contribution in [0, 0.1) is 0 Å². The highest BCUT2D eigenvalue weighted by atomic mass is 32.2. The van der Waals surface area contributed by atoms with Crippen molar-refractivity contribution >= 4 is 23.6 Å². The van der Waals surface area contributed by atoms with Gasteiger partial charge in [0.1, 0.15) is 10.00 Å². The van der Waals surface area contributed by atoms with Gasteiger partial charge in [-0.05, 0) is 18.4 Å². The zero-order valence-corrected chi connectivity index (χ0v) is 13.4. The number of aliphatic carboxylic acids is 1. The normalized spacial score (nSPS) is 15.1. The van der Waals surface area contributed by atoms with E-state index in [9.17, 15) is 14.7 Å². The van der Waals surface area contributed by atoms with Crippen molar-refractivity contribution in [3.05, 3.63) is 35.9 Å². The van der Waals surface area contributed by atoms with Crippen molar-refractivity contribution in [1.29, 1.82) is 0 Å². The number of unbranched alkanes of at least 4 members (excludes halogenated alkanes) is 1. The molecule has 0 heterocycles. The number of thioether (sulfide) groups is 1. The molecule has 5 heteroatoms. The Morgan fingerprint density at radius 2 is 1.90 bits per heavy atom. The number of rotatable bonds is 9. The number of carbonyl (C=O) groups is 2. The average Bonchev–Trinajstić information content (AvgIpc) is 2.48. The summed E-state index contributed by atoms with van der Waals surface area (Å²) < 4.78 is -0.988. The number of carboxylic acid groups (broad SMARTS) is 1. The second-order valence-corrected chi connectivity index (χ2v) is 6.50. The van der Waals surface area contributed by atoms with E-state index in [0.717, 1.165) is 18.4 Å². The molecule has 0 spiro atoms. The van der Waals surface area contributed by atoms with Gasteiger partial charge in [-0.25, -0.2) is 0 Å². The first-order valence-corrected chi connectivity index (χ1v) is 8.12. The predicted molar refractivity (Wildman–Crippen MR) is 86.1 cm³/mol. The molecule has 1 aromatic rings. The standard InChI is InChI=1S/C16H23NO3S/c1-3-5-11-13(14(18)19)21-16(4-2,15(17)20)12-9-7-6-8-10-12/h6-10,13H,3-5,11H2,1-2H3,(H2,17,20)(H,18,19)/t13-,16-/m0/s1. The Kier molecular flexibility index (Phi) is 6.75. The fourth-order valence-electron chi connectivity index (χ4n) is 2.30. The molecular formula is C16H23NO3S. The van der Waals surface area contributed by atoms with Gasteiger partial charge in [0.15, 0.2) is 0 Å². The molecule has 0 radical (unpaired) electrons. The summed E-state index contributed by atoms with van der Waals surface area (Å²) in [5.74, 6) is -1.37. The molecule has 21 heavy (non-hydrogen) atoms. The molecule has 1 rings (SSSR count). The highest BCUT2D eigenvalue weighted by Crippen LogP contribution is 2.43. The van der Waals surface area contributed by atoms with E-state index in [0.29, 0.717) is 12.8 Å². The van der Waals surface area contributed by atoms with E-state index in [-0.39, 0.29) is 0 Å². The third-order valence-electron chi connectivity index (χ3n) is 3.57. The molecule has 0 saturated carbocycles. The van der Waals surface area contributed by atoms with Crippen LogP contribution >= 0.6 is 11.8 Å². The van der Waals surface area contributed by atoms with E-state index in [4.69, 9.17) is 5.73 Å². The Bertz CT molecular complexity index is 478. The lowest BCUT2D eigenvalue weighted by Crippen LogP contribution is -2.40. The Labute approximate surface area is 130 Å². The van der Waals surface area contributed by atoms with Crippen LogP contribution in [-0.2, 0) is 14.3 Å². The molecular weight excluding hydrogens is 286 g/mol. The van der Waals surface area contributed by atoms with E-state index in [1.807, 2.05) is 44.2 Å². The van der Waals surface area contributed by atoms with E-state index in [2.05, 4.69) is 0 Å². The smallest absolute Gasteiger partial charge is 0.316 e. The molecule has 1 aromatic carbocycles. The van der Waals surface area contributed by atoms with Crippen molar-refractivity contribution in [2.45, 2.75) is 49.5 Å². The van der Waals surface area contributed by atoms with Crippen molar-refractivity contribution in [1.82, 2.24) is 0 Å². The lowest BCUT2D eigenvalue weighted by molar-refractivity contribution is -0.136. The zero-order valence-electron chi connectivity index (χ0n) is 12.5. The van der Waals surface area contributed by atoms with Gasteiger partial charge in [0.2, 0.25) is 5.91 Å². The Morgan fingerprint density at radius 1 is 1.29 bits per heavy atom. The van der Waals surface area contributed by atoms with Crippen LogP contribution in [-0.4, -0.2) is 22.2 Å². The third-order valence-corrected chi connectivity index (χ3v) is 5.42. The molecule has 0 unspecified atom stereocenters. The fourth-order valence-corrected chi connectivity index (χ4v) is 3.73. The fraction of sp³-hybridized carbons (Fsp3) is 0.500. The number of carbonyl (C=O) groups excluding carboxylic acids is 1. The summed E-state index contributed by atoms with van der Waals surface area (Å²) in [5, 5.41) is 8.79. The monoisotopic (exact) mass is 309 g/mol. The summed E-state index contributed by atoms with van der Waals surface area (Å²) in [6.07, 6.45) is 2.74. The first kappa shape index (κ1) is 17.6. The van der Waals surface area contributed by atoms with Crippen LogP contribution in [0.15, 0.2) is 30.3 Å². The molecule has 0 aliphatic carbocycles. The summed E-state index contributed by atoms with van der Waals surface area (Å²) in [6.45, 7) is 3.88. The molecule has 3 N–H and O–H groups in total. The molecule has 0 saturated heterocycles. The van der Waals surface area contributed by atoms with Crippen molar-refractivity contribution < 1.29 is 14.7 Å². The van der Waals surface area contributed by atoms with Gasteiger partial charge in [-0.3, -0.25) is 9.59 Å². The van der Waals surface area contributed by atoms with E-state index < -0.39 is 21.9 Å². The Balaban J connectivity index is 3.13. The molecule has 4 nitrogen and oxygen atoms in total. The largest absolute Gasteiger partial charge is 0.480 e. The topological polar surface area (TPSA) is 80.4 Å². The minimum atomic E-state index is -0.988. The second-order valence-electron chi connectivity index (χ2n) is 5.00. The first-order chi connectivity index (χ1) is 9.97. The SMILES string of the molecule is CCCC[C@H](S[C@](CC)(C(N)=O)c1ccccc1)C(=O)O. The lowest BCUT2D eigenvalue weighted by Gasteiger charge is -2.32. The van der Waals surface area contributed by atoms with Crippen LogP contribution in [0.1, 0.15) is 45.1 Å². The number of carboxylic acids is 1. The highest BCUT2D eigenvalue weighted by molar-refractivity contribution is 8.02. The number of benzene rings is 1. The molecule has 0 aliphatic heterocycles. The molecule has 1 amide bonds. The van der Waals surface area contributed by atoms with Gasteiger partial charge in [0.25, 0.3) is 0 Å². The summed E-state index contributed by atoms with van der Waals surface area (Å²) in [6, 6.07) is 9.21. The lowest BCUT2D eigenvalue weighted by atomic mass is 9.95. The summed E-state index contributed by atoms with van der Waals surface area (Å²) >= 11 is 1.17. The van der Waals surface area contributed by atoms with Crippen LogP contribution in [0.5, 0.6) is 0 Å². The maximum Gasteiger partial charge on any atom is 0.316 e. The second kappa shape index (κ2) is 8.08. The van der Waals surface area contributed by atoms with E-state index >= 15 is 0 Å². The van der Waals surface area contributed by atoms with Gasteiger partial charge in [-0.1, -0.05) is 57.0 Å². The number of hydrogen-bond acceptors (Lipinski definition) is 3. The zero-order chi connectivity index (χ0) is 15.9. The van der Waals surface area contributed by atoms with Gasteiger partial charge < -0.3 is 10.8 Å². The van der Waals surface area contributed by atoms with Crippen LogP contribution < -0.4 is 5.73 Å². The van der Waals surface area contributed by atoms with Gasteiger partial charge in [-0.2, -0.15) is 0 Å². The quantitative estimate of drug-likeness (QED) is 0.734. The van der Waals surface area contributed by atoms with E-state index in [1.165, 1.54) is 11.8 Å². The summed E-state index contributed by atoms with van der Waals surface area (Å²) in [7, 11) is 0. The van der Waals surface area contributed by atoms with Crippen molar-refractivity contribution in [2.75, 3.05) is 0 Å². The Hall–Kier alpha value is -1.49. The van der Waals surface area contributed by atoms with Crippen LogP contribution in [0.25, 0.3) is 0 Å². The maximum absolute atomic E-state index is 12.1. The van der Waals surface area contributed by atoms with Crippen LogP contribution in [0.4, 0.5) is 0 Å².